The van der Waals surface area contributed by atoms with Gasteiger partial charge in [0.25, 0.3) is 5.91 Å². The largest absolute Gasteiger partial charge is 0.370 e. The molecule has 1 aromatic carbocycles. The van der Waals surface area contributed by atoms with Crippen LogP contribution in [0.5, 0.6) is 0 Å². The number of guanidine groups is 1. The van der Waals surface area contributed by atoms with Gasteiger partial charge in [0, 0.05) is 6.08 Å². The number of hydrogen-bond donors (Lipinski definition) is 2. The first-order chi connectivity index (χ1) is 7.66. The number of rotatable bonds is 1. The molecule has 4 heteroatoms. The first-order valence-electron chi connectivity index (χ1n) is 5.09. The van der Waals surface area contributed by atoms with Crippen LogP contribution in [0.3, 0.4) is 0 Å². The van der Waals surface area contributed by atoms with Crippen molar-refractivity contribution >= 4 is 17.4 Å². The fourth-order valence-corrected chi connectivity index (χ4v) is 1.91. The monoisotopic (exact) mass is 215 g/mol. The second kappa shape index (κ2) is 4.18. The number of allylic oxidation sites excluding steroid dienone is 1. The summed E-state index contributed by atoms with van der Waals surface area (Å²) < 4.78 is 0. The van der Waals surface area contributed by atoms with Crippen molar-refractivity contribution in [1.29, 1.82) is 0 Å². The molecule has 0 radical (unpaired) electrons. The lowest BCUT2D eigenvalue weighted by molar-refractivity contribution is -0.113. The van der Waals surface area contributed by atoms with Gasteiger partial charge in [0.1, 0.15) is 0 Å². The highest BCUT2D eigenvalue weighted by Gasteiger charge is 2.15. The van der Waals surface area contributed by atoms with Crippen LogP contribution >= 0.6 is 0 Å². The second-order valence-electron chi connectivity index (χ2n) is 3.70. The first kappa shape index (κ1) is 10.4. The predicted molar refractivity (Wildman–Crippen MR) is 63.6 cm³/mol. The second-order valence-corrected chi connectivity index (χ2v) is 3.70. The van der Waals surface area contributed by atoms with Crippen molar-refractivity contribution in [1.82, 2.24) is 0 Å². The van der Waals surface area contributed by atoms with Crippen molar-refractivity contribution in [2.24, 2.45) is 16.5 Å². The summed E-state index contributed by atoms with van der Waals surface area (Å²) in [4.78, 5) is 14.9. The van der Waals surface area contributed by atoms with Crippen molar-refractivity contribution in [3.8, 4) is 0 Å². The van der Waals surface area contributed by atoms with Gasteiger partial charge in [-0.1, -0.05) is 24.3 Å². The number of carbonyl (C=O) groups is 1. The van der Waals surface area contributed by atoms with Crippen LogP contribution < -0.4 is 11.5 Å². The predicted octanol–water partition coefficient (Wildman–Crippen LogP) is 0.816. The Kier molecular flexibility index (Phi) is 2.72. The summed E-state index contributed by atoms with van der Waals surface area (Å²) in [5, 5.41) is 0. The van der Waals surface area contributed by atoms with E-state index in [2.05, 4.69) is 11.1 Å². The van der Waals surface area contributed by atoms with Crippen molar-refractivity contribution in [2.75, 3.05) is 0 Å². The lowest BCUT2D eigenvalue weighted by Gasteiger charge is -1.98. The van der Waals surface area contributed by atoms with Gasteiger partial charge >= 0.3 is 0 Å². The average Bonchev–Trinajstić information content (AvgIpc) is 2.61. The molecular weight excluding hydrogens is 202 g/mol. The molecule has 0 unspecified atom stereocenters. The van der Waals surface area contributed by atoms with Crippen LogP contribution in [0.4, 0.5) is 0 Å². The van der Waals surface area contributed by atoms with Crippen molar-refractivity contribution in [2.45, 2.75) is 12.8 Å². The van der Waals surface area contributed by atoms with Gasteiger partial charge in [0.05, 0.1) is 0 Å². The van der Waals surface area contributed by atoms with Crippen LogP contribution in [-0.2, 0) is 11.2 Å². The molecule has 82 valence electrons. The molecule has 0 spiro atoms. The normalized spacial score (nSPS) is 15.9. The van der Waals surface area contributed by atoms with E-state index in [-0.39, 0.29) is 5.96 Å². The fourth-order valence-electron chi connectivity index (χ4n) is 1.91. The Hall–Kier alpha value is -2.10. The quantitative estimate of drug-likeness (QED) is 0.413. The van der Waals surface area contributed by atoms with Gasteiger partial charge in [-0.2, -0.15) is 4.99 Å². The topological polar surface area (TPSA) is 81.5 Å². The maximum atomic E-state index is 11.4. The molecule has 1 amide bonds. The summed E-state index contributed by atoms with van der Waals surface area (Å²) >= 11 is 0. The fraction of sp³-hybridized carbons (Fsp3) is 0.167. The van der Waals surface area contributed by atoms with E-state index in [0.29, 0.717) is 0 Å². The number of hydrogen-bond acceptors (Lipinski definition) is 1. The molecule has 16 heavy (non-hydrogen) atoms. The minimum atomic E-state index is -0.397. The Balaban J connectivity index is 2.29. The Bertz CT molecular complexity index is 485. The SMILES string of the molecule is NC(N)=NC(=O)/C=C1/CCc2ccccc21. The summed E-state index contributed by atoms with van der Waals surface area (Å²) in [5.41, 5.74) is 13.7. The number of carbonyl (C=O) groups excluding carboxylic acids is 1. The summed E-state index contributed by atoms with van der Waals surface area (Å²) in [6.45, 7) is 0. The Labute approximate surface area is 93.7 Å². The average molecular weight is 215 g/mol. The zero-order valence-electron chi connectivity index (χ0n) is 8.81. The van der Waals surface area contributed by atoms with Gasteiger partial charge in [-0.05, 0) is 29.5 Å². The van der Waals surface area contributed by atoms with E-state index in [1.807, 2.05) is 18.2 Å². The third-order valence-corrected chi connectivity index (χ3v) is 2.56. The number of aryl methyl sites for hydroxylation is 1. The number of amides is 1. The third kappa shape index (κ3) is 2.11. The van der Waals surface area contributed by atoms with Crippen LogP contribution in [0.25, 0.3) is 5.57 Å². The standard InChI is InChI=1S/C12H13N3O/c13-12(14)15-11(16)7-9-6-5-8-3-1-2-4-10(8)9/h1-4,7H,5-6H2,(H4,13,14,15,16)/b9-7-. The zero-order chi connectivity index (χ0) is 11.5. The van der Waals surface area contributed by atoms with E-state index in [4.69, 9.17) is 11.5 Å². The van der Waals surface area contributed by atoms with Gasteiger partial charge in [0.15, 0.2) is 5.96 Å². The molecule has 0 saturated heterocycles. The highest BCUT2D eigenvalue weighted by Crippen LogP contribution is 2.31. The molecule has 0 saturated carbocycles. The number of aliphatic imine (C=N–C) groups is 1. The Morgan fingerprint density at radius 1 is 1.25 bits per heavy atom. The minimum Gasteiger partial charge on any atom is -0.370 e. The molecule has 1 aliphatic carbocycles. The highest BCUT2D eigenvalue weighted by atomic mass is 16.1. The summed E-state index contributed by atoms with van der Waals surface area (Å²) in [7, 11) is 0. The number of benzene rings is 1. The van der Waals surface area contributed by atoms with E-state index >= 15 is 0 Å². The molecule has 0 heterocycles. The maximum Gasteiger partial charge on any atom is 0.273 e. The lowest BCUT2D eigenvalue weighted by atomic mass is 10.1. The lowest BCUT2D eigenvalue weighted by Crippen LogP contribution is -2.23. The molecule has 1 aliphatic rings. The molecule has 1 aromatic rings. The van der Waals surface area contributed by atoms with Crippen LogP contribution in [0, 0.1) is 0 Å². The van der Waals surface area contributed by atoms with Gasteiger partial charge in [-0.15, -0.1) is 0 Å². The van der Waals surface area contributed by atoms with E-state index in [0.717, 1.165) is 24.0 Å². The van der Waals surface area contributed by atoms with Crippen LogP contribution in [0.15, 0.2) is 35.3 Å². The first-order valence-corrected chi connectivity index (χ1v) is 5.09. The molecule has 4 nitrogen and oxygen atoms in total. The molecule has 2 rings (SSSR count). The van der Waals surface area contributed by atoms with Crippen molar-refractivity contribution in [3.05, 3.63) is 41.5 Å². The molecule has 4 N–H and O–H groups in total. The summed E-state index contributed by atoms with van der Waals surface area (Å²) in [5.74, 6) is -0.597. The Morgan fingerprint density at radius 2 is 2.00 bits per heavy atom. The van der Waals surface area contributed by atoms with Gasteiger partial charge in [0.2, 0.25) is 0 Å². The molecule has 0 aliphatic heterocycles. The third-order valence-electron chi connectivity index (χ3n) is 2.56. The van der Waals surface area contributed by atoms with Crippen LogP contribution in [0.2, 0.25) is 0 Å². The molecular formula is C12H13N3O. The van der Waals surface area contributed by atoms with Gasteiger partial charge < -0.3 is 11.5 Å². The van der Waals surface area contributed by atoms with E-state index in [1.165, 1.54) is 11.6 Å². The number of nitrogens with zero attached hydrogens (tertiary/aromatic N) is 1. The van der Waals surface area contributed by atoms with Crippen LogP contribution in [-0.4, -0.2) is 11.9 Å². The van der Waals surface area contributed by atoms with Crippen molar-refractivity contribution < 1.29 is 4.79 Å². The smallest absolute Gasteiger partial charge is 0.273 e. The molecule has 0 atom stereocenters. The molecule has 0 fully saturated rings. The van der Waals surface area contributed by atoms with E-state index in [1.54, 1.807) is 0 Å². The summed E-state index contributed by atoms with van der Waals surface area (Å²) in [6, 6.07) is 8.04. The molecule has 0 bridgehead atoms. The maximum absolute atomic E-state index is 11.4. The number of fused-ring (bicyclic) bond motifs is 1. The zero-order valence-corrected chi connectivity index (χ0v) is 8.81. The van der Waals surface area contributed by atoms with E-state index < -0.39 is 5.91 Å². The highest BCUT2D eigenvalue weighted by molar-refractivity contribution is 6.02. The number of nitrogens with two attached hydrogens (primary N) is 2. The Morgan fingerprint density at radius 3 is 2.75 bits per heavy atom. The minimum absolute atomic E-state index is 0.201. The van der Waals surface area contributed by atoms with E-state index in [9.17, 15) is 4.79 Å². The van der Waals surface area contributed by atoms with Gasteiger partial charge in [-0.3, -0.25) is 4.79 Å². The van der Waals surface area contributed by atoms with Gasteiger partial charge in [-0.25, -0.2) is 0 Å². The van der Waals surface area contributed by atoms with Crippen molar-refractivity contribution in [3.63, 3.8) is 0 Å². The van der Waals surface area contributed by atoms with Crippen LogP contribution in [0.1, 0.15) is 17.5 Å². The summed E-state index contributed by atoms with van der Waals surface area (Å²) in [6.07, 6.45) is 3.34. The molecule has 0 aromatic heterocycles.